The van der Waals surface area contributed by atoms with E-state index in [4.69, 9.17) is 4.74 Å². The summed E-state index contributed by atoms with van der Waals surface area (Å²) >= 11 is 0. The van der Waals surface area contributed by atoms with Gasteiger partial charge in [0.25, 0.3) is 5.91 Å². The summed E-state index contributed by atoms with van der Waals surface area (Å²) in [6.07, 6.45) is 5.80. The molecule has 2 amide bonds. The molecular weight excluding hydrogens is 320 g/mol. The zero-order valence-corrected chi connectivity index (χ0v) is 14.1. The van der Waals surface area contributed by atoms with Gasteiger partial charge in [0.15, 0.2) is 18.2 Å². The monoisotopic (exact) mass is 340 g/mol. The van der Waals surface area contributed by atoms with Crippen molar-refractivity contribution in [1.82, 2.24) is 14.9 Å². The Hall–Kier alpha value is -2.96. The lowest BCUT2D eigenvalue weighted by Crippen LogP contribution is -2.47. The van der Waals surface area contributed by atoms with Gasteiger partial charge in [0.1, 0.15) is 6.54 Å². The van der Waals surface area contributed by atoms with Crippen LogP contribution in [0.5, 0.6) is 5.75 Å². The number of carbonyl (C=O) groups excluding carboxylic acids is 2. The molecule has 130 valence electrons. The molecule has 1 aliphatic heterocycles. The molecule has 2 aromatic rings. The van der Waals surface area contributed by atoms with E-state index < -0.39 is 0 Å². The first-order valence-corrected chi connectivity index (χ1v) is 8.24. The molecule has 25 heavy (non-hydrogen) atoms. The molecule has 3 rings (SSSR count). The maximum absolute atomic E-state index is 12.7. The van der Waals surface area contributed by atoms with Gasteiger partial charge in [0.2, 0.25) is 5.91 Å². The first-order chi connectivity index (χ1) is 12.2. The van der Waals surface area contributed by atoms with E-state index in [-0.39, 0.29) is 25.0 Å². The van der Waals surface area contributed by atoms with Crippen LogP contribution in [0.25, 0.3) is 0 Å². The summed E-state index contributed by atoms with van der Waals surface area (Å²) in [7, 11) is 0. The molecule has 1 aliphatic rings. The molecule has 0 radical (unpaired) electrons. The third kappa shape index (κ3) is 3.93. The standard InChI is InChI=1S/C18H20N4O3/c1-2-21(11-7-14-5-9-19-10-6-14)16(23)12-22-17(24)13-25-15-4-3-8-20-18(15)22/h3-6,8-10H,2,7,11-13H2,1H3. The number of hydrogen-bond acceptors (Lipinski definition) is 5. The summed E-state index contributed by atoms with van der Waals surface area (Å²) in [6.45, 7) is 2.99. The quantitative estimate of drug-likeness (QED) is 0.792. The van der Waals surface area contributed by atoms with Gasteiger partial charge in [0.05, 0.1) is 0 Å². The Labute approximate surface area is 146 Å². The zero-order chi connectivity index (χ0) is 17.6. The van der Waals surface area contributed by atoms with Gasteiger partial charge < -0.3 is 9.64 Å². The Bertz CT molecular complexity index is 751. The van der Waals surface area contributed by atoms with E-state index in [9.17, 15) is 9.59 Å². The largest absolute Gasteiger partial charge is 0.480 e. The van der Waals surface area contributed by atoms with Crippen molar-refractivity contribution in [3.63, 3.8) is 0 Å². The van der Waals surface area contributed by atoms with Gasteiger partial charge in [-0.25, -0.2) is 4.98 Å². The van der Waals surface area contributed by atoms with Gasteiger partial charge in [-0.05, 0) is 43.2 Å². The summed E-state index contributed by atoms with van der Waals surface area (Å²) < 4.78 is 5.36. The highest BCUT2D eigenvalue weighted by molar-refractivity contribution is 6.01. The number of ether oxygens (including phenoxy) is 1. The first-order valence-electron chi connectivity index (χ1n) is 8.24. The third-order valence-corrected chi connectivity index (χ3v) is 4.11. The van der Waals surface area contributed by atoms with Crippen LogP contribution < -0.4 is 9.64 Å². The van der Waals surface area contributed by atoms with Crippen LogP contribution >= 0.6 is 0 Å². The summed E-state index contributed by atoms with van der Waals surface area (Å²) in [4.78, 5) is 36.2. The van der Waals surface area contributed by atoms with E-state index in [1.165, 1.54) is 4.90 Å². The molecule has 0 spiro atoms. The highest BCUT2D eigenvalue weighted by Gasteiger charge is 2.29. The molecule has 0 bridgehead atoms. The number of anilines is 1. The predicted octanol–water partition coefficient (Wildman–Crippen LogP) is 1.29. The third-order valence-electron chi connectivity index (χ3n) is 4.11. The van der Waals surface area contributed by atoms with Crippen molar-refractivity contribution in [3.05, 3.63) is 48.4 Å². The van der Waals surface area contributed by atoms with Crippen molar-refractivity contribution in [2.75, 3.05) is 31.1 Å². The van der Waals surface area contributed by atoms with E-state index in [2.05, 4.69) is 9.97 Å². The van der Waals surface area contributed by atoms with Crippen molar-refractivity contribution in [2.45, 2.75) is 13.3 Å². The van der Waals surface area contributed by atoms with Crippen LogP contribution in [0.4, 0.5) is 5.82 Å². The highest BCUT2D eigenvalue weighted by Crippen LogP contribution is 2.28. The second kappa shape index (κ2) is 7.74. The van der Waals surface area contributed by atoms with E-state index in [1.54, 1.807) is 35.6 Å². The van der Waals surface area contributed by atoms with E-state index in [0.717, 1.165) is 12.0 Å². The lowest BCUT2D eigenvalue weighted by atomic mass is 10.2. The van der Waals surface area contributed by atoms with Crippen molar-refractivity contribution in [1.29, 1.82) is 0 Å². The maximum Gasteiger partial charge on any atom is 0.266 e. The molecule has 3 heterocycles. The molecule has 2 aromatic heterocycles. The van der Waals surface area contributed by atoms with Crippen LogP contribution in [0, 0.1) is 0 Å². The van der Waals surface area contributed by atoms with Crippen LogP contribution in [-0.2, 0) is 16.0 Å². The Kier molecular flexibility index (Phi) is 5.23. The normalized spacial score (nSPS) is 13.2. The average Bonchev–Trinajstić information content (AvgIpc) is 2.65. The Balaban J connectivity index is 1.66. The Morgan fingerprint density at radius 3 is 2.84 bits per heavy atom. The van der Waals surface area contributed by atoms with Crippen LogP contribution in [0.2, 0.25) is 0 Å². The summed E-state index contributed by atoms with van der Waals surface area (Å²) in [5.41, 5.74) is 1.12. The van der Waals surface area contributed by atoms with E-state index in [0.29, 0.717) is 24.7 Å². The number of nitrogens with zero attached hydrogens (tertiary/aromatic N) is 4. The number of amides is 2. The maximum atomic E-state index is 12.7. The molecule has 0 saturated carbocycles. The highest BCUT2D eigenvalue weighted by atomic mass is 16.5. The summed E-state index contributed by atoms with van der Waals surface area (Å²) in [5.74, 6) is 0.556. The van der Waals surface area contributed by atoms with Gasteiger partial charge in [-0.1, -0.05) is 0 Å². The minimum atomic E-state index is -0.260. The zero-order valence-electron chi connectivity index (χ0n) is 14.1. The first kappa shape index (κ1) is 16.9. The second-order valence-electron chi connectivity index (χ2n) is 5.67. The van der Waals surface area contributed by atoms with Crippen molar-refractivity contribution in [3.8, 4) is 5.75 Å². The molecule has 7 nitrogen and oxygen atoms in total. The topological polar surface area (TPSA) is 75.6 Å². The van der Waals surface area contributed by atoms with Crippen LogP contribution in [-0.4, -0.2) is 52.9 Å². The fourth-order valence-electron chi connectivity index (χ4n) is 2.70. The molecule has 0 atom stereocenters. The van der Waals surface area contributed by atoms with Crippen LogP contribution in [0.1, 0.15) is 12.5 Å². The summed E-state index contributed by atoms with van der Waals surface area (Å²) in [6, 6.07) is 7.35. The van der Waals surface area contributed by atoms with Gasteiger partial charge in [-0.15, -0.1) is 0 Å². The predicted molar refractivity (Wildman–Crippen MR) is 92.3 cm³/mol. The summed E-state index contributed by atoms with van der Waals surface area (Å²) in [5, 5.41) is 0. The molecule has 0 aliphatic carbocycles. The molecule has 0 saturated heterocycles. The molecule has 0 N–H and O–H groups in total. The molecular formula is C18H20N4O3. The number of carbonyl (C=O) groups is 2. The molecule has 0 unspecified atom stereocenters. The average molecular weight is 340 g/mol. The van der Waals surface area contributed by atoms with Gasteiger partial charge in [-0.3, -0.25) is 19.5 Å². The van der Waals surface area contributed by atoms with E-state index in [1.807, 2.05) is 19.1 Å². The van der Waals surface area contributed by atoms with Crippen LogP contribution in [0.15, 0.2) is 42.9 Å². The number of hydrogen-bond donors (Lipinski definition) is 0. The SMILES string of the molecule is CCN(CCc1ccncc1)C(=O)CN1C(=O)COc2cccnc21. The van der Waals surface area contributed by atoms with Crippen molar-refractivity contribution >= 4 is 17.6 Å². The van der Waals surface area contributed by atoms with Crippen molar-refractivity contribution < 1.29 is 14.3 Å². The minimum Gasteiger partial charge on any atom is -0.480 e. The number of likely N-dealkylation sites (N-methyl/N-ethyl adjacent to an activating group) is 1. The van der Waals surface area contributed by atoms with Crippen molar-refractivity contribution in [2.24, 2.45) is 0 Å². The number of rotatable bonds is 6. The Morgan fingerprint density at radius 2 is 2.08 bits per heavy atom. The fraction of sp³-hybridized carbons (Fsp3) is 0.333. The Morgan fingerprint density at radius 1 is 1.28 bits per heavy atom. The number of aromatic nitrogens is 2. The molecule has 0 fully saturated rings. The van der Waals surface area contributed by atoms with E-state index >= 15 is 0 Å². The number of fused-ring (bicyclic) bond motifs is 1. The lowest BCUT2D eigenvalue weighted by Gasteiger charge is -2.30. The van der Waals surface area contributed by atoms with Gasteiger partial charge in [0, 0.05) is 31.7 Å². The minimum absolute atomic E-state index is 0.0314. The number of pyridine rings is 2. The van der Waals surface area contributed by atoms with Gasteiger partial charge >= 0.3 is 0 Å². The smallest absolute Gasteiger partial charge is 0.266 e. The molecule has 7 heteroatoms. The second-order valence-corrected chi connectivity index (χ2v) is 5.67. The van der Waals surface area contributed by atoms with Crippen LogP contribution in [0.3, 0.4) is 0 Å². The van der Waals surface area contributed by atoms with Gasteiger partial charge in [-0.2, -0.15) is 0 Å². The lowest BCUT2D eigenvalue weighted by molar-refractivity contribution is -0.131. The molecule has 0 aromatic carbocycles. The fourth-order valence-corrected chi connectivity index (χ4v) is 2.70.